The van der Waals surface area contributed by atoms with Gasteiger partial charge in [0, 0.05) is 6.20 Å². The van der Waals surface area contributed by atoms with Crippen molar-refractivity contribution in [3.8, 4) is 11.6 Å². The molecule has 0 atom stereocenters. The van der Waals surface area contributed by atoms with Crippen molar-refractivity contribution in [2.45, 2.75) is 6.92 Å². The Morgan fingerprint density at radius 1 is 1.20 bits per heavy atom. The average molecular weight is 338 g/mol. The maximum absolute atomic E-state index is 12.4. The second-order valence-electron chi connectivity index (χ2n) is 5.23. The molecule has 0 spiro atoms. The van der Waals surface area contributed by atoms with E-state index in [1.165, 1.54) is 23.0 Å². The zero-order valence-electron chi connectivity index (χ0n) is 13.2. The van der Waals surface area contributed by atoms with Gasteiger partial charge in [-0.15, -0.1) is 0 Å². The van der Waals surface area contributed by atoms with Crippen LogP contribution in [0.25, 0.3) is 5.82 Å². The van der Waals surface area contributed by atoms with E-state index >= 15 is 0 Å². The monoisotopic (exact) mass is 338 g/mol. The number of aromatic nitrogens is 3. The summed E-state index contributed by atoms with van der Waals surface area (Å²) in [7, 11) is 0. The highest BCUT2D eigenvalue weighted by atomic mass is 16.4. The van der Waals surface area contributed by atoms with Crippen LogP contribution in [0.5, 0.6) is 5.75 Å². The van der Waals surface area contributed by atoms with Crippen molar-refractivity contribution in [1.29, 1.82) is 0 Å². The number of nitrogens with one attached hydrogen (secondary N) is 1. The largest absolute Gasteiger partial charge is 0.506 e. The van der Waals surface area contributed by atoms with Gasteiger partial charge in [0.15, 0.2) is 5.82 Å². The van der Waals surface area contributed by atoms with E-state index in [1.807, 2.05) is 6.07 Å². The predicted molar refractivity (Wildman–Crippen MR) is 89.1 cm³/mol. The fourth-order valence-corrected chi connectivity index (χ4v) is 2.30. The van der Waals surface area contributed by atoms with Crippen LogP contribution in [0, 0.1) is 6.92 Å². The topological polar surface area (TPSA) is 117 Å². The average Bonchev–Trinajstić information content (AvgIpc) is 2.99. The molecular formula is C17H14N4O4. The smallest absolute Gasteiger partial charge is 0.335 e. The van der Waals surface area contributed by atoms with Gasteiger partial charge in [-0.25, -0.2) is 14.5 Å². The number of carboxylic acid groups (broad SMARTS) is 1. The fourth-order valence-electron chi connectivity index (χ4n) is 2.30. The highest BCUT2D eigenvalue weighted by Crippen LogP contribution is 2.25. The number of anilines is 1. The highest BCUT2D eigenvalue weighted by molar-refractivity contribution is 6.06. The Hall–Kier alpha value is -3.68. The van der Waals surface area contributed by atoms with Gasteiger partial charge in [0.05, 0.1) is 28.7 Å². The molecule has 8 nitrogen and oxygen atoms in total. The molecule has 126 valence electrons. The quantitative estimate of drug-likeness (QED) is 0.628. The zero-order chi connectivity index (χ0) is 18.0. The van der Waals surface area contributed by atoms with Crippen LogP contribution in [-0.2, 0) is 0 Å². The van der Waals surface area contributed by atoms with Crippen LogP contribution in [0.2, 0.25) is 0 Å². The second kappa shape index (κ2) is 6.44. The number of aromatic carboxylic acids is 1. The summed E-state index contributed by atoms with van der Waals surface area (Å²) < 4.78 is 1.53. The van der Waals surface area contributed by atoms with Gasteiger partial charge < -0.3 is 15.5 Å². The normalized spacial score (nSPS) is 10.4. The summed E-state index contributed by atoms with van der Waals surface area (Å²) in [6, 6.07) is 9.04. The van der Waals surface area contributed by atoms with Crippen LogP contribution in [0.3, 0.4) is 0 Å². The first-order valence-electron chi connectivity index (χ1n) is 7.31. The summed E-state index contributed by atoms with van der Waals surface area (Å²) >= 11 is 0. The first kappa shape index (κ1) is 16.2. The maximum Gasteiger partial charge on any atom is 0.335 e. The van der Waals surface area contributed by atoms with Crippen LogP contribution < -0.4 is 5.32 Å². The third kappa shape index (κ3) is 3.18. The van der Waals surface area contributed by atoms with Crippen molar-refractivity contribution in [3.63, 3.8) is 0 Å². The first-order valence-corrected chi connectivity index (χ1v) is 7.31. The van der Waals surface area contributed by atoms with E-state index in [0.717, 1.165) is 6.07 Å². The summed E-state index contributed by atoms with van der Waals surface area (Å²) in [5.74, 6) is -1.39. The molecule has 0 fully saturated rings. The van der Waals surface area contributed by atoms with Crippen molar-refractivity contribution in [2.75, 3.05) is 5.32 Å². The van der Waals surface area contributed by atoms with Crippen LogP contribution in [0.15, 0.2) is 48.8 Å². The number of phenols is 1. The van der Waals surface area contributed by atoms with Crippen molar-refractivity contribution in [2.24, 2.45) is 0 Å². The number of phenolic OH excluding ortho intramolecular Hbond substituents is 1. The Bertz CT molecular complexity index is 951. The van der Waals surface area contributed by atoms with E-state index in [2.05, 4.69) is 15.4 Å². The molecule has 0 bridgehead atoms. The fraction of sp³-hybridized carbons (Fsp3) is 0.0588. The van der Waals surface area contributed by atoms with E-state index in [-0.39, 0.29) is 17.0 Å². The number of hydrogen-bond donors (Lipinski definition) is 3. The first-order chi connectivity index (χ1) is 12.0. The minimum absolute atomic E-state index is 0.0744. The molecule has 2 aromatic heterocycles. The number of hydrogen-bond acceptors (Lipinski definition) is 5. The zero-order valence-corrected chi connectivity index (χ0v) is 13.2. The maximum atomic E-state index is 12.4. The summed E-state index contributed by atoms with van der Waals surface area (Å²) in [6.45, 7) is 1.73. The molecule has 3 aromatic rings. The molecule has 0 saturated carbocycles. The van der Waals surface area contributed by atoms with Gasteiger partial charge >= 0.3 is 5.97 Å². The Balaban J connectivity index is 1.85. The molecular weight excluding hydrogens is 324 g/mol. The van der Waals surface area contributed by atoms with Gasteiger partial charge in [-0.3, -0.25) is 4.79 Å². The van der Waals surface area contributed by atoms with Crippen LogP contribution >= 0.6 is 0 Å². The third-order valence-electron chi connectivity index (χ3n) is 3.61. The number of carboxylic acids is 1. The number of nitrogens with zero attached hydrogens (tertiary/aromatic N) is 3. The number of benzene rings is 1. The van der Waals surface area contributed by atoms with Crippen molar-refractivity contribution >= 4 is 17.6 Å². The summed E-state index contributed by atoms with van der Waals surface area (Å²) in [6.07, 6.45) is 3.03. The molecule has 0 radical (unpaired) electrons. The molecule has 2 heterocycles. The Kier molecular flexibility index (Phi) is 4.17. The van der Waals surface area contributed by atoms with Gasteiger partial charge in [0.1, 0.15) is 5.75 Å². The molecule has 1 aromatic carbocycles. The standard InChI is InChI=1S/C17H14N4O4/c1-10-12(9-19-21(10)15-4-2-3-7-18-15)16(23)20-13-6-5-11(17(24)25)8-14(13)22/h2-9,22H,1H3,(H,20,23)(H,24,25). The summed E-state index contributed by atoms with van der Waals surface area (Å²) in [5.41, 5.74) is 0.930. The number of rotatable bonds is 4. The molecule has 8 heteroatoms. The molecule has 0 aliphatic carbocycles. The highest BCUT2D eigenvalue weighted by Gasteiger charge is 2.17. The summed E-state index contributed by atoms with van der Waals surface area (Å²) in [5, 5.41) is 25.5. The van der Waals surface area contributed by atoms with E-state index < -0.39 is 11.9 Å². The number of carbonyl (C=O) groups excluding carboxylic acids is 1. The SMILES string of the molecule is Cc1c(C(=O)Nc2ccc(C(=O)O)cc2O)cnn1-c1ccccn1. The lowest BCUT2D eigenvalue weighted by Crippen LogP contribution is -2.13. The minimum atomic E-state index is -1.17. The molecule has 0 aliphatic rings. The van der Waals surface area contributed by atoms with Crippen LogP contribution in [0.1, 0.15) is 26.4 Å². The van der Waals surface area contributed by atoms with Crippen molar-refractivity contribution in [3.05, 3.63) is 65.6 Å². The third-order valence-corrected chi connectivity index (χ3v) is 3.61. The van der Waals surface area contributed by atoms with E-state index in [4.69, 9.17) is 5.11 Å². The lowest BCUT2D eigenvalue weighted by atomic mass is 10.1. The molecule has 1 amide bonds. The van der Waals surface area contributed by atoms with E-state index in [0.29, 0.717) is 17.1 Å². The molecule has 3 rings (SSSR count). The van der Waals surface area contributed by atoms with Crippen molar-refractivity contribution in [1.82, 2.24) is 14.8 Å². The van der Waals surface area contributed by atoms with Crippen LogP contribution in [0.4, 0.5) is 5.69 Å². The van der Waals surface area contributed by atoms with Gasteiger partial charge in [-0.2, -0.15) is 5.10 Å². The Labute approximate surface area is 142 Å². The summed E-state index contributed by atoms with van der Waals surface area (Å²) in [4.78, 5) is 27.5. The number of amides is 1. The lowest BCUT2D eigenvalue weighted by molar-refractivity contribution is 0.0696. The second-order valence-corrected chi connectivity index (χ2v) is 5.23. The van der Waals surface area contributed by atoms with Crippen LogP contribution in [-0.4, -0.2) is 36.9 Å². The number of carbonyl (C=O) groups is 2. The molecule has 0 unspecified atom stereocenters. The van der Waals surface area contributed by atoms with Gasteiger partial charge in [0.25, 0.3) is 5.91 Å². The molecule has 3 N–H and O–H groups in total. The molecule has 0 saturated heterocycles. The van der Waals surface area contributed by atoms with Crippen molar-refractivity contribution < 1.29 is 19.8 Å². The predicted octanol–water partition coefficient (Wildman–Crippen LogP) is 2.23. The molecule has 0 aliphatic heterocycles. The Morgan fingerprint density at radius 2 is 2.00 bits per heavy atom. The van der Waals surface area contributed by atoms with Gasteiger partial charge in [-0.05, 0) is 37.3 Å². The minimum Gasteiger partial charge on any atom is -0.506 e. The van der Waals surface area contributed by atoms with E-state index in [9.17, 15) is 14.7 Å². The Morgan fingerprint density at radius 3 is 2.64 bits per heavy atom. The van der Waals surface area contributed by atoms with E-state index in [1.54, 1.807) is 25.3 Å². The number of pyridine rings is 1. The molecule has 25 heavy (non-hydrogen) atoms. The van der Waals surface area contributed by atoms with Gasteiger partial charge in [-0.1, -0.05) is 6.07 Å². The lowest BCUT2D eigenvalue weighted by Gasteiger charge is -2.08. The number of aromatic hydroxyl groups is 1. The van der Waals surface area contributed by atoms with Gasteiger partial charge in [0.2, 0.25) is 0 Å².